The number of aromatic nitrogens is 3. The van der Waals surface area contributed by atoms with Crippen molar-refractivity contribution < 1.29 is 0 Å². The lowest BCUT2D eigenvalue weighted by atomic mass is 10.5. The van der Waals surface area contributed by atoms with Gasteiger partial charge in [-0.1, -0.05) is 38.9 Å². The van der Waals surface area contributed by atoms with E-state index in [4.69, 9.17) is 23.2 Å². The molecule has 0 aliphatic carbocycles. The van der Waals surface area contributed by atoms with Gasteiger partial charge in [0, 0.05) is 0 Å². The summed E-state index contributed by atoms with van der Waals surface area (Å²) in [5.74, 6) is 0. The highest BCUT2D eigenvalue weighted by Gasteiger charge is 2.13. The van der Waals surface area contributed by atoms with E-state index in [9.17, 15) is 0 Å². The molecule has 0 radical (unpaired) electrons. The highest BCUT2D eigenvalue weighted by Crippen LogP contribution is 2.32. The third-order valence-corrected chi connectivity index (χ3v) is 3.85. The maximum Gasteiger partial charge on any atom is 0.225 e. The molecule has 74 valence electrons. The highest BCUT2D eigenvalue weighted by molar-refractivity contribution is 9.09. The maximum atomic E-state index is 5.87. The van der Waals surface area contributed by atoms with Crippen LogP contribution in [0.4, 0.5) is 0 Å². The van der Waals surface area contributed by atoms with Crippen molar-refractivity contribution in [2.45, 2.75) is 11.8 Å². The Morgan fingerprint density at radius 2 is 2.00 bits per heavy atom. The van der Waals surface area contributed by atoms with Gasteiger partial charge in [0.05, 0.1) is 4.83 Å². The molecule has 0 amide bonds. The number of hydrogen-bond acceptors (Lipinski definition) is 4. The molecule has 14 heavy (non-hydrogen) atoms. The number of halogens is 3. The summed E-state index contributed by atoms with van der Waals surface area (Å²) in [6.07, 6.45) is 0. The monoisotopic (exact) mass is 311 g/mol. The molecule has 0 saturated carbocycles. The Morgan fingerprint density at radius 3 is 2.64 bits per heavy atom. The molecular weight excluding hydrogens is 309 g/mol. The van der Waals surface area contributed by atoms with Crippen LogP contribution in [0.15, 0.2) is 0 Å². The van der Waals surface area contributed by atoms with Gasteiger partial charge < -0.3 is 0 Å². The Kier molecular flexibility index (Phi) is 2.93. The number of hydrogen-bond donors (Lipinski definition) is 0. The van der Waals surface area contributed by atoms with Gasteiger partial charge in [0.15, 0.2) is 5.15 Å². The summed E-state index contributed by atoms with van der Waals surface area (Å²) >= 11 is 16.4. The number of alkyl halides is 1. The van der Waals surface area contributed by atoms with Gasteiger partial charge in [-0.2, -0.15) is 0 Å². The number of rotatable bonds is 1. The van der Waals surface area contributed by atoms with Crippen LogP contribution in [0.5, 0.6) is 0 Å². The van der Waals surface area contributed by atoms with Crippen molar-refractivity contribution in [2.75, 3.05) is 0 Å². The first-order valence-corrected chi connectivity index (χ1v) is 6.20. The zero-order chi connectivity index (χ0) is 10.3. The second-order valence-corrected chi connectivity index (χ2v) is 5.68. The number of thiazole rings is 1. The predicted octanol–water partition coefficient (Wildman–Crippen LogP) is 3.85. The van der Waals surface area contributed by atoms with Crippen LogP contribution >= 0.6 is 50.5 Å². The molecule has 0 N–H and O–H groups in total. The molecule has 2 rings (SSSR count). The van der Waals surface area contributed by atoms with Crippen LogP contribution in [0.25, 0.3) is 10.3 Å². The van der Waals surface area contributed by atoms with Crippen molar-refractivity contribution in [2.24, 2.45) is 0 Å². The van der Waals surface area contributed by atoms with Crippen LogP contribution in [0.1, 0.15) is 16.8 Å². The van der Waals surface area contributed by atoms with E-state index in [-0.39, 0.29) is 10.1 Å². The molecule has 0 aromatic carbocycles. The lowest BCUT2D eigenvalue weighted by Gasteiger charge is -1.92. The maximum absolute atomic E-state index is 5.87. The molecule has 2 heterocycles. The third kappa shape index (κ3) is 1.86. The van der Waals surface area contributed by atoms with E-state index in [1.807, 2.05) is 6.92 Å². The average Bonchev–Trinajstić information content (AvgIpc) is 2.47. The van der Waals surface area contributed by atoms with E-state index in [0.29, 0.717) is 10.7 Å². The molecule has 0 saturated heterocycles. The van der Waals surface area contributed by atoms with Crippen molar-refractivity contribution in [1.82, 2.24) is 15.0 Å². The summed E-state index contributed by atoms with van der Waals surface area (Å²) < 4.78 is 0. The second kappa shape index (κ2) is 3.89. The fourth-order valence-corrected chi connectivity index (χ4v) is 2.73. The number of fused-ring (bicyclic) bond motifs is 1. The molecule has 0 aliphatic heterocycles. The highest BCUT2D eigenvalue weighted by atomic mass is 79.9. The summed E-state index contributed by atoms with van der Waals surface area (Å²) in [5, 5.41) is 1.37. The van der Waals surface area contributed by atoms with E-state index >= 15 is 0 Å². The molecule has 0 spiro atoms. The van der Waals surface area contributed by atoms with Gasteiger partial charge in [0.1, 0.15) is 15.4 Å². The smallest absolute Gasteiger partial charge is 0.225 e. The van der Waals surface area contributed by atoms with Gasteiger partial charge in [0.25, 0.3) is 0 Å². The molecule has 1 unspecified atom stereocenters. The lowest BCUT2D eigenvalue weighted by molar-refractivity contribution is 1.09. The van der Waals surface area contributed by atoms with E-state index in [1.165, 1.54) is 11.3 Å². The van der Waals surface area contributed by atoms with E-state index in [1.54, 1.807) is 0 Å². The Bertz CT molecular complexity index is 485. The van der Waals surface area contributed by atoms with Crippen LogP contribution in [-0.4, -0.2) is 15.0 Å². The van der Waals surface area contributed by atoms with Crippen molar-refractivity contribution >= 4 is 60.8 Å². The van der Waals surface area contributed by atoms with Crippen molar-refractivity contribution in [3.63, 3.8) is 0 Å². The second-order valence-electron chi connectivity index (χ2n) is 2.61. The van der Waals surface area contributed by atoms with Gasteiger partial charge in [0.2, 0.25) is 5.28 Å². The third-order valence-electron chi connectivity index (χ3n) is 1.55. The Hall–Kier alpha value is 0.0300. The van der Waals surface area contributed by atoms with Crippen LogP contribution in [0.2, 0.25) is 10.4 Å². The first-order valence-electron chi connectivity index (χ1n) is 3.71. The lowest BCUT2D eigenvalue weighted by Crippen LogP contribution is -1.84. The molecule has 7 heteroatoms. The molecule has 2 aromatic rings. The van der Waals surface area contributed by atoms with E-state index in [0.717, 1.165) is 9.84 Å². The predicted molar refractivity (Wildman–Crippen MR) is 62.6 cm³/mol. The van der Waals surface area contributed by atoms with Crippen molar-refractivity contribution in [3.8, 4) is 0 Å². The zero-order valence-electron chi connectivity index (χ0n) is 6.96. The molecule has 0 aliphatic rings. The summed E-state index contributed by atoms with van der Waals surface area (Å²) in [5.41, 5.74) is 0.613. The van der Waals surface area contributed by atoms with Crippen LogP contribution in [0.3, 0.4) is 0 Å². The van der Waals surface area contributed by atoms with Crippen LogP contribution < -0.4 is 0 Å². The summed E-state index contributed by atoms with van der Waals surface area (Å²) in [6.45, 7) is 1.99. The standard InChI is InChI=1S/C7H4BrCl2N3S/c1-2(8)5-11-3-4(9)12-7(10)13-6(3)14-5/h2H,1H3. The summed E-state index contributed by atoms with van der Waals surface area (Å²) in [6, 6.07) is 0. The van der Waals surface area contributed by atoms with E-state index in [2.05, 4.69) is 30.9 Å². The molecule has 1 atom stereocenters. The normalized spacial score (nSPS) is 13.4. The average molecular weight is 313 g/mol. The minimum atomic E-state index is 0.153. The molecule has 2 aromatic heterocycles. The van der Waals surface area contributed by atoms with Gasteiger partial charge in [-0.05, 0) is 18.5 Å². The Morgan fingerprint density at radius 1 is 1.29 bits per heavy atom. The van der Waals surface area contributed by atoms with Gasteiger partial charge >= 0.3 is 0 Å². The van der Waals surface area contributed by atoms with Gasteiger partial charge in [-0.3, -0.25) is 0 Å². The van der Waals surface area contributed by atoms with Crippen molar-refractivity contribution in [3.05, 3.63) is 15.4 Å². The topological polar surface area (TPSA) is 38.7 Å². The molecular formula is C7H4BrCl2N3S. The minimum absolute atomic E-state index is 0.153. The van der Waals surface area contributed by atoms with Gasteiger partial charge in [-0.15, -0.1) is 0 Å². The van der Waals surface area contributed by atoms with Crippen LogP contribution in [0, 0.1) is 0 Å². The van der Waals surface area contributed by atoms with E-state index < -0.39 is 0 Å². The SMILES string of the molecule is CC(Br)c1nc2c(Cl)nc(Cl)nc2s1. The molecule has 0 bridgehead atoms. The van der Waals surface area contributed by atoms with Gasteiger partial charge in [-0.25, -0.2) is 15.0 Å². The summed E-state index contributed by atoms with van der Waals surface area (Å²) in [7, 11) is 0. The molecule has 3 nitrogen and oxygen atoms in total. The fourth-order valence-electron chi connectivity index (χ4n) is 0.951. The fraction of sp³-hybridized carbons (Fsp3) is 0.286. The largest absolute Gasteiger partial charge is 0.235 e. The Balaban J connectivity index is 2.70. The zero-order valence-corrected chi connectivity index (χ0v) is 10.9. The first-order chi connectivity index (χ1) is 6.58. The van der Waals surface area contributed by atoms with Crippen LogP contribution in [-0.2, 0) is 0 Å². The summed E-state index contributed by atoms with van der Waals surface area (Å²) in [4.78, 5) is 13.1. The molecule has 0 fully saturated rings. The first kappa shape index (κ1) is 10.5. The number of nitrogens with zero attached hydrogens (tertiary/aromatic N) is 3. The van der Waals surface area contributed by atoms with Crippen molar-refractivity contribution in [1.29, 1.82) is 0 Å². The quantitative estimate of drug-likeness (QED) is 0.456. The Labute approximate surface area is 103 Å². The minimum Gasteiger partial charge on any atom is -0.235 e.